The van der Waals surface area contributed by atoms with Crippen molar-refractivity contribution < 1.29 is 9.90 Å². The van der Waals surface area contributed by atoms with E-state index in [-0.39, 0.29) is 0 Å². The van der Waals surface area contributed by atoms with Crippen LogP contribution in [-0.2, 0) is 11.2 Å². The Morgan fingerprint density at radius 1 is 1.62 bits per heavy atom. The van der Waals surface area contributed by atoms with Crippen LogP contribution in [0.4, 0.5) is 5.69 Å². The van der Waals surface area contributed by atoms with Gasteiger partial charge in [-0.25, -0.2) is 4.79 Å². The molecule has 0 radical (unpaired) electrons. The molecule has 0 saturated heterocycles. The van der Waals surface area contributed by atoms with E-state index in [0.29, 0.717) is 6.42 Å². The monoisotopic (exact) mass is 241 g/mol. The second-order valence-corrected chi connectivity index (χ2v) is 3.96. The van der Waals surface area contributed by atoms with Crippen LogP contribution in [0.5, 0.6) is 0 Å². The molecule has 1 aliphatic heterocycles. The minimum Gasteiger partial charge on any atom is -0.480 e. The summed E-state index contributed by atoms with van der Waals surface area (Å²) in [5.41, 5.74) is 1.98. The molecule has 2 rings (SSSR count). The number of hydrogen-bond donors (Lipinski definition) is 2. The molecule has 0 amide bonds. The molecule has 68 valence electrons. The van der Waals surface area contributed by atoms with E-state index in [9.17, 15) is 4.79 Å². The third-order valence-corrected chi connectivity index (χ3v) is 2.61. The largest absolute Gasteiger partial charge is 0.480 e. The molecule has 4 heteroatoms. The topological polar surface area (TPSA) is 49.3 Å². The number of halogens is 1. The van der Waals surface area contributed by atoms with Gasteiger partial charge in [0.25, 0.3) is 0 Å². The first-order chi connectivity index (χ1) is 6.16. The highest BCUT2D eigenvalue weighted by atomic mass is 79.9. The summed E-state index contributed by atoms with van der Waals surface area (Å²) in [5.74, 6) is -0.799. The van der Waals surface area contributed by atoms with Gasteiger partial charge in [-0.05, 0) is 23.8 Å². The average molecular weight is 242 g/mol. The van der Waals surface area contributed by atoms with Crippen molar-refractivity contribution in [2.24, 2.45) is 0 Å². The first-order valence-corrected chi connectivity index (χ1v) is 4.74. The first kappa shape index (κ1) is 8.56. The first-order valence-electron chi connectivity index (χ1n) is 3.94. The Balaban J connectivity index is 2.30. The fourth-order valence-electron chi connectivity index (χ4n) is 1.48. The molecular formula is C9H8BrNO2. The van der Waals surface area contributed by atoms with E-state index in [1.54, 1.807) is 0 Å². The van der Waals surface area contributed by atoms with Crippen molar-refractivity contribution in [3.8, 4) is 0 Å². The number of rotatable bonds is 1. The summed E-state index contributed by atoms with van der Waals surface area (Å²) in [6.07, 6.45) is 0.560. The lowest BCUT2D eigenvalue weighted by atomic mass is 10.1. The van der Waals surface area contributed by atoms with E-state index in [1.807, 2.05) is 18.2 Å². The van der Waals surface area contributed by atoms with Gasteiger partial charge in [0, 0.05) is 16.6 Å². The number of fused-ring (bicyclic) bond motifs is 1. The van der Waals surface area contributed by atoms with Crippen molar-refractivity contribution >= 4 is 27.6 Å². The summed E-state index contributed by atoms with van der Waals surface area (Å²) in [6, 6.07) is 5.27. The Morgan fingerprint density at radius 2 is 2.38 bits per heavy atom. The van der Waals surface area contributed by atoms with Gasteiger partial charge in [0.2, 0.25) is 0 Å². The Kier molecular flexibility index (Phi) is 2.00. The third kappa shape index (κ3) is 1.54. The van der Waals surface area contributed by atoms with Gasteiger partial charge < -0.3 is 10.4 Å². The van der Waals surface area contributed by atoms with Crippen molar-refractivity contribution in [3.63, 3.8) is 0 Å². The summed E-state index contributed by atoms with van der Waals surface area (Å²) >= 11 is 3.35. The molecule has 0 aliphatic carbocycles. The molecule has 1 aromatic rings. The van der Waals surface area contributed by atoms with Crippen molar-refractivity contribution in [3.05, 3.63) is 28.2 Å². The maximum Gasteiger partial charge on any atom is 0.326 e. The number of aliphatic carboxylic acids is 1. The standard InChI is InChI=1S/C9H8BrNO2/c10-6-1-2-7-5(3-6)4-8(11-7)9(12)13/h1-3,8,11H,4H2,(H,12,13)/t8-/m0/s1. The summed E-state index contributed by atoms with van der Waals surface area (Å²) in [6.45, 7) is 0. The number of hydrogen-bond acceptors (Lipinski definition) is 2. The number of carboxylic acid groups (broad SMARTS) is 1. The molecule has 0 unspecified atom stereocenters. The fourth-order valence-corrected chi connectivity index (χ4v) is 1.89. The van der Waals surface area contributed by atoms with E-state index >= 15 is 0 Å². The maximum absolute atomic E-state index is 10.7. The Morgan fingerprint density at radius 3 is 3.08 bits per heavy atom. The molecule has 2 N–H and O–H groups in total. The van der Waals surface area contributed by atoms with E-state index < -0.39 is 12.0 Å². The van der Waals surface area contributed by atoms with E-state index in [0.717, 1.165) is 15.7 Å². The fraction of sp³-hybridized carbons (Fsp3) is 0.222. The number of carboxylic acids is 1. The van der Waals surface area contributed by atoms with E-state index in [4.69, 9.17) is 5.11 Å². The van der Waals surface area contributed by atoms with Crippen molar-refractivity contribution in [2.75, 3.05) is 5.32 Å². The predicted molar refractivity (Wildman–Crippen MR) is 52.9 cm³/mol. The quantitative estimate of drug-likeness (QED) is 0.790. The van der Waals surface area contributed by atoms with Crippen molar-refractivity contribution in [1.29, 1.82) is 0 Å². The van der Waals surface area contributed by atoms with Gasteiger partial charge in [-0.2, -0.15) is 0 Å². The Hall–Kier alpha value is -1.03. The van der Waals surface area contributed by atoms with Crippen LogP contribution in [0.2, 0.25) is 0 Å². The molecule has 1 aliphatic rings. The second-order valence-electron chi connectivity index (χ2n) is 3.04. The molecule has 0 bridgehead atoms. The minimum atomic E-state index is -0.799. The second kappa shape index (κ2) is 3.03. The summed E-state index contributed by atoms with van der Waals surface area (Å²) < 4.78 is 0.985. The van der Waals surface area contributed by atoms with Gasteiger partial charge in [-0.15, -0.1) is 0 Å². The summed E-state index contributed by atoms with van der Waals surface area (Å²) in [7, 11) is 0. The molecule has 0 fully saturated rings. The highest BCUT2D eigenvalue weighted by molar-refractivity contribution is 9.10. The molecule has 0 saturated carbocycles. The lowest BCUT2D eigenvalue weighted by Crippen LogP contribution is -2.26. The number of carbonyl (C=O) groups is 1. The number of benzene rings is 1. The van der Waals surface area contributed by atoms with Gasteiger partial charge in [-0.1, -0.05) is 15.9 Å². The molecule has 1 aromatic carbocycles. The van der Waals surface area contributed by atoms with Crippen LogP contribution >= 0.6 is 15.9 Å². The zero-order chi connectivity index (χ0) is 9.42. The lowest BCUT2D eigenvalue weighted by molar-refractivity contribution is -0.137. The van der Waals surface area contributed by atoms with Crippen LogP contribution in [0.25, 0.3) is 0 Å². The molecule has 0 spiro atoms. The van der Waals surface area contributed by atoms with Crippen LogP contribution in [0.3, 0.4) is 0 Å². The normalized spacial score (nSPS) is 19.3. The zero-order valence-electron chi connectivity index (χ0n) is 6.75. The van der Waals surface area contributed by atoms with Crippen molar-refractivity contribution in [1.82, 2.24) is 0 Å². The molecule has 0 aromatic heterocycles. The molecule has 3 nitrogen and oxygen atoms in total. The minimum absolute atomic E-state index is 0.468. The molecule has 1 heterocycles. The van der Waals surface area contributed by atoms with Gasteiger partial charge in [0.1, 0.15) is 6.04 Å². The molecule has 1 atom stereocenters. The third-order valence-electron chi connectivity index (χ3n) is 2.12. The van der Waals surface area contributed by atoms with Crippen LogP contribution in [0.15, 0.2) is 22.7 Å². The van der Waals surface area contributed by atoms with Gasteiger partial charge in [0.15, 0.2) is 0 Å². The Labute approximate surface area is 83.9 Å². The van der Waals surface area contributed by atoms with E-state index in [2.05, 4.69) is 21.2 Å². The van der Waals surface area contributed by atoms with Crippen LogP contribution in [-0.4, -0.2) is 17.1 Å². The summed E-state index contributed by atoms with van der Waals surface area (Å²) in [5, 5.41) is 11.7. The zero-order valence-corrected chi connectivity index (χ0v) is 8.34. The van der Waals surface area contributed by atoms with Crippen LogP contribution in [0, 0.1) is 0 Å². The van der Waals surface area contributed by atoms with Gasteiger partial charge in [-0.3, -0.25) is 0 Å². The molecular weight excluding hydrogens is 234 g/mol. The summed E-state index contributed by atoms with van der Waals surface area (Å²) in [4.78, 5) is 10.7. The van der Waals surface area contributed by atoms with Crippen LogP contribution in [0.1, 0.15) is 5.56 Å². The SMILES string of the molecule is O=C(O)[C@@H]1Cc2cc(Br)ccc2N1. The van der Waals surface area contributed by atoms with Crippen molar-refractivity contribution in [2.45, 2.75) is 12.5 Å². The highest BCUT2D eigenvalue weighted by Crippen LogP contribution is 2.28. The maximum atomic E-state index is 10.7. The van der Waals surface area contributed by atoms with Gasteiger partial charge >= 0.3 is 5.97 Å². The number of nitrogens with one attached hydrogen (secondary N) is 1. The number of anilines is 1. The molecule has 13 heavy (non-hydrogen) atoms. The highest BCUT2D eigenvalue weighted by Gasteiger charge is 2.25. The Bertz CT molecular complexity index is 365. The average Bonchev–Trinajstić information content (AvgIpc) is 2.46. The predicted octanol–water partition coefficient (Wildman–Crippen LogP) is 1.87. The smallest absolute Gasteiger partial charge is 0.326 e. The lowest BCUT2D eigenvalue weighted by Gasteiger charge is -2.03. The van der Waals surface area contributed by atoms with Crippen LogP contribution < -0.4 is 5.32 Å². The van der Waals surface area contributed by atoms with Gasteiger partial charge in [0.05, 0.1) is 0 Å². The van der Waals surface area contributed by atoms with E-state index in [1.165, 1.54) is 0 Å².